The van der Waals surface area contributed by atoms with Gasteiger partial charge in [-0.25, -0.2) is 0 Å². The molecule has 0 bridgehead atoms. The van der Waals surface area contributed by atoms with Gasteiger partial charge in [-0.05, 0) is 70.4 Å². The number of rotatable bonds is 7. The van der Waals surface area contributed by atoms with Gasteiger partial charge >= 0.3 is 0 Å². The molecule has 0 aromatic carbocycles. The standard InChI is InChI=1S/C22H35N5O2/c1-2-26-12-4-5-17(26)15-23-20(28)9-8-16-10-13-27(14-11-16)22(29)21-18-6-3-7-19(18)24-25-21/h16-17H,2-15H2,1H3,(H,23,28)(H,24,25). The average Bonchev–Trinajstić information content (AvgIpc) is 3.47. The molecule has 2 fully saturated rings. The third-order valence-corrected chi connectivity index (χ3v) is 7.13. The van der Waals surface area contributed by atoms with Crippen molar-refractivity contribution in [3.8, 4) is 0 Å². The first-order valence-electron chi connectivity index (χ1n) is 11.5. The van der Waals surface area contributed by atoms with E-state index in [0.29, 0.717) is 24.1 Å². The van der Waals surface area contributed by atoms with Gasteiger partial charge in [0.25, 0.3) is 5.91 Å². The highest BCUT2D eigenvalue weighted by Gasteiger charge is 2.29. The van der Waals surface area contributed by atoms with E-state index in [2.05, 4.69) is 27.3 Å². The second kappa shape index (κ2) is 9.28. The van der Waals surface area contributed by atoms with Gasteiger partial charge in [-0.1, -0.05) is 6.92 Å². The number of nitrogens with one attached hydrogen (secondary N) is 2. The summed E-state index contributed by atoms with van der Waals surface area (Å²) in [4.78, 5) is 29.5. The van der Waals surface area contributed by atoms with Gasteiger partial charge in [0.15, 0.2) is 5.69 Å². The molecule has 2 saturated heterocycles. The summed E-state index contributed by atoms with van der Waals surface area (Å²) in [5, 5.41) is 10.5. The lowest BCUT2D eigenvalue weighted by Crippen LogP contribution is -2.40. The number of piperidine rings is 1. The van der Waals surface area contributed by atoms with Crippen LogP contribution in [0.5, 0.6) is 0 Å². The maximum Gasteiger partial charge on any atom is 0.274 e. The van der Waals surface area contributed by atoms with E-state index in [-0.39, 0.29) is 11.8 Å². The van der Waals surface area contributed by atoms with Crippen molar-refractivity contribution >= 4 is 11.8 Å². The van der Waals surface area contributed by atoms with E-state index in [0.717, 1.165) is 82.5 Å². The minimum atomic E-state index is 0.0811. The summed E-state index contributed by atoms with van der Waals surface area (Å²) in [5.74, 6) is 0.796. The van der Waals surface area contributed by atoms with Crippen molar-refractivity contribution in [3.63, 3.8) is 0 Å². The van der Waals surface area contributed by atoms with Crippen LogP contribution < -0.4 is 5.32 Å². The first-order chi connectivity index (χ1) is 14.2. The largest absolute Gasteiger partial charge is 0.355 e. The monoisotopic (exact) mass is 401 g/mol. The van der Waals surface area contributed by atoms with Crippen LogP contribution in [-0.4, -0.2) is 70.6 Å². The van der Waals surface area contributed by atoms with Crippen molar-refractivity contribution in [3.05, 3.63) is 17.0 Å². The maximum atomic E-state index is 12.8. The first kappa shape index (κ1) is 20.4. The highest BCUT2D eigenvalue weighted by atomic mass is 16.2. The maximum absolute atomic E-state index is 12.8. The van der Waals surface area contributed by atoms with Gasteiger partial charge < -0.3 is 10.2 Å². The fourth-order valence-electron chi connectivity index (χ4n) is 5.27. The number of H-pyrrole nitrogens is 1. The normalized spacial score (nSPS) is 22.8. The Morgan fingerprint density at radius 2 is 1.97 bits per heavy atom. The molecule has 7 heteroatoms. The van der Waals surface area contributed by atoms with Gasteiger partial charge in [-0.15, -0.1) is 0 Å². The van der Waals surface area contributed by atoms with Gasteiger partial charge in [0.2, 0.25) is 5.91 Å². The van der Waals surface area contributed by atoms with Gasteiger partial charge in [0.1, 0.15) is 0 Å². The van der Waals surface area contributed by atoms with Crippen LogP contribution in [0.25, 0.3) is 0 Å². The molecule has 7 nitrogen and oxygen atoms in total. The van der Waals surface area contributed by atoms with E-state index in [1.54, 1.807) is 0 Å². The second-order valence-electron chi connectivity index (χ2n) is 8.89. The van der Waals surface area contributed by atoms with Gasteiger partial charge in [-0.3, -0.25) is 19.6 Å². The molecular weight excluding hydrogens is 366 g/mol. The summed E-state index contributed by atoms with van der Waals surface area (Å²) in [6, 6.07) is 0.515. The van der Waals surface area contributed by atoms with E-state index in [1.165, 1.54) is 12.8 Å². The summed E-state index contributed by atoms with van der Waals surface area (Å²) in [5.41, 5.74) is 2.93. The fraction of sp³-hybridized carbons (Fsp3) is 0.773. The van der Waals surface area contributed by atoms with Crippen LogP contribution in [-0.2, 0) is 17.6 Å². The number of aromatic amines is 1. The number of hydrogen-bond donors (Lipinski definition) is 2. The summed E-state index contributed by atoms with van der Waals surface area (Å²) < 4.78 is 0. The number of aryl methyl sites for hydroxylation is 1. The second-order valence-corrected chi connectivity index (χ2v) is 8.89. The van der Waals surface area contributed by atoms with Crippen LogP contribution in [0.15, 0.2) is 0 Å². The first-order valence-corrected chi connectivity index (χ1v) is 11.5. The Hall–Kier alpha value is -1.89. The number of fused-ring (bicyclic) bond motifs is 1. The molecule has 1 unspecified atom stereocenters. The number of likely N-dealkylation sites (N-methyl/N-ethyl adjacent to an activating group) is 1. The topological polar surface area (TPSA) is 81.3 Å². The summed E-state index contributed by atoms with van der Waals surface area (Å²) >= 11 is 0. The van der Waals surface area contributed by atoms with E-state index >= 15 is 0 Å². The molecule has 29 heavy (non-hydrogen) atoms. The summed E-state index contributed by atoms with van der Waals surface area (Å²) in [7, 11) is 0. The van der Waals surface area contributed by atoms with Gasteiger partial charge in [-0.2, -0.15) is 5.10 Å². The molecule has 3 aliphatic rings. The van der Waals surface area contributed by atoms with Crippen LogP contribution in [0.2, 0.25) is 0 Å². The van der Waals surface area contributed by atoms with E-state index in [9.17, 15) is 9.59 Å². The molecule has 1 aromatic rings. The van der Waals surface area contributed by atoms with E-state index in [4.69, 9.17) is 0 Å². The number of aromatic nitrogens is 2. The van der Waals surface area contributed by atoms with Crippen LogP contribution in [0.3, 0.4) is 0 Å². The summed E-state index contributed by atoms with van der Waals surface area (Å²) in [6.07, 6.45) is 9.03. The smallest absolute Gasteiger partial charge is 0.274 e. The predicted octanol–water partition coefficient (Wildman–Crippen LogP) is 2.13. The average molecular weight is 402 g/mol. The van der Waals surface area contributed by atoms with Crippen molar-refractivity contribution in [2.45, 2.75) is 70.8 Å². The molecule has 2 N–H and O–H groups in total. The number of hydrogen-bond acceptors (Lipinski definition) is 4. The zero-order valence-corrected chi connectivity index (χ0v) is 17.7. The number of amides is 2. The molecule has 0 radical (unpaired) electrons. The molecule has 0 spiro atoms. The van der Waals surface area contributed by atoms with Gasteiger partial charge in [0, 0.05) is 43.4 Å². The Labute approximate surface area is 173 Å². The Balaban J connectivity index is 1.16. The lowest BCUT2D eigenvalue weighted by molar-refractivity contribution is -0.121. The highest BCUT2D eigenvalue weighted by Crippen LogP contribution is 2.27. The van der Waals surface area contributed by atoms with Crippen LogP contribution in [0.1, 0.15) is 73.6 Å². The molecule has 1 atom stereocenters. The molecule has 1 aromatic heterocycles. The minimum Gasteiger partial charge on any atom is -0.355 e. The molecule has 1 aliphatic carbocycles. The number of carbonyl (C=O) groups excluding carboxylic acids is 2. The fourth-order valence-corrected chi connectivity index (χ4v) is 5.27. The molecule has 4 rings (SSSR count). The van der Waals surface area contributed by atoms with Crippen molar-refractivity contribution in [1.82, 2.24) is 25.3 Å². The number of nitrogens with zero attached hydrogens (tertiary/aromatic N) is 3. The quantitative estimate of drug-likeness (QED) is 0.733. The molecule has 3 heterocycles. The molecule has 160 valence electrons. The van der Waals surface area contributed by atoms with Crippen molar-refractivity contribution in [1.29, 1.82) is 0 Å². The lowest BCUT2D eigenvalue weighted by Gasteiger charge is -2.31. The van der Waals surface area contributed by atoms with Crippen LogP contribution >= 0.6 is 0 Å². The number of likely N-dealkylation sites (tertiary alicyclic amines) is 2. The SMILES string of the molecule is CCN1CCCC1CNC(=O)CCC1CCN(C(=O)c2n[nH]c3c2CCC3)CC1. The Bertz CT molecular complexity index is 723. The van der Waals surface area contributed by atoms with Crippen molar-refractivity contribution in [2.24, 2.45) is 5.92 Å². The number of carbonyl (C=O) groups is 2. The zero-order valence-electron chi connectivity index (χ0n) is 17.7. The highest BCUT2D eigenvalue weighted by molar-refractivity contribution is 5.94. The van der Waals surface area contributed by atoms with Crippen LogP contribution in [0.4, 0.5) is 0 Å². The van der Waals surface area contributed by atoms with Crippen molar-refractivity contribution in [2.75, 3.05) is 32.7 Å². The Morgan fingerprint density at radius 3 is 2.76 bits per heavy atom. The van der Waals surface area contributed by atoms with Gasteiger partial charge in [0.05, 0.1) is 0 Å². The Morgan fingerprint density at radius 1 is 1.14 bits per heavy atom. The molecule has 2 amide bonds. The predicted molar refractivity (Wildman–Crippen MR) is 112 cm³/mol. The molecule has 0 saturated carbocycles. The molecular formula is C22H35N5O2. The minimum absolute atomic E-state index is 0.0811. The third-order valence-electron chi connectivity index (χ3n) is 7.13. The Kier molecular flexibility index (Phi) is 6.53. The van der Waals surface area contributed by atoms with E-state index in [1.807, 2.05) is 4.90 Å². The zero-order chi connectivity index (χ0) is 20.2. The van der Waals surface area contributed by atoms with Crippen molar-refractivity contribution < 1.29 is 9.59 Å². The summed E-state index contributed by atoms with van der Waals surface area (Å²) in [6.45, 7) is 6.76. The van der Waals surface area contributed by atoms with E-state index < -0.39 is 0 Å². The third kappa shape index (κ3) is 4.65. The molecule has 2 aliphatic heterocycles. The lowest BCUT2D eigenvalue weighted by atomic mass is 9.91. The van der Waals surface area contributed by atoms with Crippen LogP contribution in [0, 0.1) is 5.92 Å².